The largest absolute Gasteiger partial charge is 0.497 e. The zero-order chi connectivity index (χ0) is 22.4. The molecule has 0 radical (unpaired) electrons. The molecule has 166 valence electrons. The zero-order valence-corrected chi connectivity index (χ0v) is 19.1. The van der Waals surface area contributed by atoms with Gasteiger partial charge in [-0.25, -0.2) is 0 Å². The lowest BCUT2D eigenvalue weighted by molar-refractivity contribution is -0.140. The number of benzene rings is 2. The number of carbonyl (C=O) groups is 2. The minimum absolute atomic E-state index is 0.0480. The summed E-state index contributed by atoms with van der Waals surface area (Å²) < 4.78 is 5.24. The Morgan fingerprint density at radius 2 is 1.68 bits per heavy atom. The van der Waals surface area contributed by atoms with Gasteiger partial charge in [-0.15, -0.1) is 0 Å². The summed E-state index contributed by atoms with van der Waals surface area (Å²) in [6.45, 7) is 6.32. The van der Waals surface area contributed by atoms with Crippen molar-refractivity contribution in [3.8, 4) is 5.75 Å². The summed E-state index contributed by atoms with van der Waals surface area (Å²) in [5.74, 6) is 0.644. The fourth-order valence-corrected chi connectivity index (χ4v) is 4.09. The van der Waals surface area contributed by atoms with Gasteiger partial charge in [0.15, 0.2) is 0 Å². The lowest BCUT2D eigenvalue weighted by Gasteiger charge is -2.30. The molecule has 31 heavy (non-hydrogen) atoms. The Morgan fingerprint density at radius 3 is 2.29 bits per heavy atom. The maximum absolute atomic E-state index is 13.3. The molecule has 0 heterocycles. The molecule has 2 aromatic rings. The highest BCUT2D eigenvalue weighted by Crippen LogP contribution is 2.20. The van der Waals surface area contributed by atoms with E-state index in [1.807, 2.05) is 43.3 Å². The van der Waals surface area contributed by atoms with E-state index in [9.17, 15) is 9.59 Å². The first-order valence-electron chi connectivity index (χ1n) is 11.2. The molecule has 1 N–H and O–H groups in total. The number of hydrogen-bond acceptors (Lipinski definition) is 3. The van der Waals surface area contributed by atoms with Crippen molar-refractivity contribution in [2.75, 3.05) is 7.11 Å². The Hall–Kier alpha value is -2.82. The third-order valence-electron chi connectivity index (χ3n) is 6.31. The van der Waals surface area contributed by atoms with Crippen molar-refractivity contribution in [3.05, 3.63) is 64.7 Å². The Bertz CT molecular complexity index is 901. The van der Waals surface area contributed by atoms with Gasteiger partial charge in [0, 0.05) is 12.6 Å². The standard InChI is InChI=1S/C26H34N2O3/c1-18-9-10-22(15-19(18)2)16-25(29)28(17-21-11-13-24(31-4)14-12-21)20(3)26(30)27-23-7-5-6-8-23/h9-15,20,23H,5-8,16-17H2,1-4H3,(H,27,30)/t20-/m1/s1. The predicted molar refractivity (Wildman–Crippen MR) is 123 cm³/mol. The third kappa shape index (κ3) is 6.09. The highest BCUT2D eigenvalue weighted by Gasteiger charge is 2.28. The van der Waals surface area contributed by atoms with Crippen LogP contribution in [0.15, 0.2) is 42.5 Å². The lowest BCUT2D eigenvalue weighted by Crippen LogP contribution is -2.50. The van der Waals surface area contributed by atoms with Crippen LogP contribution in [0.2, 0.25) is 0 Å². The summed E-state index contributed by atoms with van der Waals surface area (Å²) in [5.41, 5.74) is 4.31. The van der Waals surface area contributed by atoms with E-state index in [1.54, 1.807) is 12.0 Å². The number of aryl methyl sites for hydroxylation is 2. The maximum atomic E-state index is 13.3. The molecule has 5 heteroatoms. The summed E-state index contributed by atoms with van der Waals surface area (Å²) in [6.07, 6.45) is 4.63. The molecule has 2 amide bonds. The van der Waals surface area contributed by atoms with E-state index in [0.717, 1.165) is 42.6 Å². The van der Waals surface area contributed by atoms with Gasteiger partial charge in [0.2, 0.25) is 11.8 Å². The van der Waals surface area contributed by atoms with E-state index in [0.29, 0.717) is 6.54 Å². The smallest absolute Gasteiger partial charge is 0.242 e. The number of hydrogen-bond donors (Lipinski definition) is 1. The van der Waals surface area contributed by atoms with E-state index in [-0.39, 0.29) is 24.3 Å². The average molecular weight is 423 g/mol. The predicted octanol–water partition coefficient (Wildman–Crippen LogP) is 4.33. The fraction of sp³-hybridized carbons (Fsp3) is 0.462. The Kier molecular flexibility index (Phi) is 7.72. The summed E-state index contributed by atoms with van der Waals surface area (Å²) in [4.78, 5) is 28.0. The second-order valence-electron chi connectivity index (χ2n) is 8.63. The molecule has 0 saturated heterocycles. The van der Waals surface area contributed by atoms with Crippen LogP contribution in [0.5, 0.6) is 5.75 Å². The van der Waals surface area contributed by atoms with E-state index >= 15 is 0 Å². The van der Waals surface area contributed by atoms with Crippen molar-refractivity contribution >= 4 is 11.8 Å². The van der Waals surface area contributed by atoms with E-state index in [4.69, 9.17) is 4.74 Å². The van der Waals surface area contributed by atoms with Crippen molar-refractivity contribution < 1.29 is 14.3 Å². The first kappa shape index (κ1) is 22.9. The second kappa shape index (κ2) is 10.5. The highest BCUT2D eigenvalue weighted by atomic mass is 16.5. The van der Waals surface area contributed by atoms with Gasteiger partial charge >= 0.3 is 0 Å². The highest BCUT2D eigenvalue weighted by molar-refractivity contribution is 5.88. The molecule has 0 aliphatic heterocycles. The van der Waals surface area contributed by atoms with Crippen LogP contribution in [0.3, 0.4) is 0 Å². The third-order valence-corrected chi connectivity index (χ3v) is 6.31. The normalized spacial score (nSPS) is 14.8. The van der Waals surface area contributed by atoms with Gasteiger partial charge in [-0.1, -0.05) is 43.2 Å². The average Bonchev–Trinajstić information content (AvgIpc) is 3.27. The molecule has 1 aliphatic rings. The summed E-state index contributed by atoms with van der Waals surface area (Å²) in [6, 6.07) is 13.4. The van der Waals surface area contributed by atoms with Crippen LogP contribution in [-0.4, -0.2) is 35.9 Å². The minimum atomic E-state index is -0.540. The van der Waals surface area contributed by atoms with Crippen LogP contribution in [0, 0.1) is 13.8 Å². The maximum Gasteiger partial charge on any atom is 0.242 e. The first-order valence-corrected chi connectivity index (χ1v) is 11.2. The molecule has 0 bridgehead atoms. The summed E-state index contributed by atoms with van der Waals surface area (Å²) in [5, 5.41) is 3.15. The van der Waals surface area contributed by atoms with Gasteiger partial charge in [0.05, 0.1) is 13.5 Å². The number of rotatable bonds is 8. The van der Waals surface area contributed by atoms with Crippen molar-refractivity contribution in [3.63, 3.8) is 0 Å². The van der Waals surface area contributed by atoms with Gasteiger partial charge in [-0.3, -0.25) is 9.59 Å². The van der Waals surface area contributed by atoms with Crippen LogP contribution >= 0.6 is 0 Å². The van der Waals surface area contributed by atoms with E-state index in [2.05, 4.69) is 25.2 Å². The summed E-state index contributed by atoms with van der Waals surface area (Å²) in [7, 11) is 1.63. The van der Waals surface area contributed by atoms with Gasteiger partial charge in [-0.2, -0.15) is 0 Å². The molecule has 2 aromatic carbocycles. The van der Waals surface area contributed by atoms with Gasteiger partial charge in [0.25, 0.3) is 0 Å². The molecule has 0 unspecified atom stereocenters. The van der Waals surface area contributed by atoms with Crippen molar-refractivity contribution in [2.45, 2.75) is 71.5 Å². The molecule has 1 aliphatic carbocycles. The van der Waals surface area contributed by atoms with E-state index in [1.165, 1.54) is 11.1 Å². The lowest BCUT2D eigenvalue weighted by atomic mass is 10.0. The molecular formula is C26H34N2O3. The molecule has 3 rings (SSSR count). The van der Waals surface area contributed by atoms with Crippen molar-refractivity contribution in [2.24, 2.45) is 0 Å². The number of nitrogens with zero attached hydrogens (tertiary/aromatic N) is 1. The number of amides is 2. The van der Waals surface area contributed by atoms with Crippen molar-refractivity contribution in [1.29, 1.82) is 0 Å². The Balaban J connectivity index is 1.77. The molecule has 1 saturated carbocycles. The second-order valence-corrected chi connectivity index (χ2v) is 8.63. The molecule has 1 atom stereocenters. The molecule has 1 fully saturated rings. The number of methoxy groups -OCH3 is 1. The van der Waals surface area contributed by atoms with Crippen molar-refractivity contribution in [1.82, 2.24) is 10.2 Å². The quantitative estimate of drug-likeness (QED) is 0.689. The van der Waals surface area contributed by atoms with Crippen LogP contribution in [0.25, 0.3) is 0 Å². The molecule has 0 aromatic heterocycles. The fourth-order valence-electron chi connectivity index (χ4n) is 4.09. The molecular weight excluding hydrogens is 388 g/mol. The number of nitrogens with one attached hydrogen (secondary N) is 1. The van der Waals surface area contributed by atoms with Gasteiger partial charge < -0.3 is 15.0 Å². The molecule has 0 spiro atoms. The monoisotopic (exact) mass is 422 g/mol. The van der Waals surface area contributed by atoms with Gasteiger partial charge in [-0.05, 0) is 68.0 Å². The van der Waals surface area contributed by atoms with Crippen LogP contribution in [-0.2, 0) is 22.6 Å². The zero-order valence-electron chi connectivity index (χ0n) is 19.1. The number of ether oxygens (including phenoxy) is 1. The van der Waals surface area contributed by atoms with Crippen LogP contribution < -0.4 is 10.1 Å². The molecule has 5 nitrogen and oxygen atoms in total. The Morgan fingerprint density at radius 1 is 1.03 bits per heavy atom. The van der Waals surface area contributed by atoms with Crippen LogP contribution in [0.4, 0.5) is 0 Å². The Labute approximate surface area is 185 Å². The first-order chi connectivity index (χ1) is 14.9. The SMILES string of the molecule is COc1ccc(CN(C(=O)Cc2ccc(C)c(C)c2)[C@H](C)C(=O)NC2CCCC2)cc1. The number of carbonyl (C=O) groups excluding carboxylic acids is 2. The van der Waals surface area contributed by atoms with Crippen LogP contribution in [0.1, 0.15) is 54.9 Å². The van der Waals surface area contributed by atoms with E-state index < -0.39 is 6.04 Å². The topological polar surface area (TPSA) is 58.6 Å². The minimum Gasteiger partial charge on any atom is -0.497 e. The summed E-state index contributed by atoms with van der Waals surface area (Å²) >= 11 is 0. The van der Waals surface area contributed by atoms with Gasteiger partial charge in [0.1, 0.15) is 11.8 Å².